The highest BCUT2D eigenvalue weighted by atomic mass is 16.3. The first-order valence-electron chi connectivity index (χ1n) is 5.50. The maximum Gasteiger partial charge on any atom is 0.115 e. The second-order valence-corrected chi connectivity index (χ2v) is 4.30. The van der Waals surface area contributed by atoms with Gasteiger partial charge < -0.3 is 10.8 Å². The van der Waals surface area contributed by atoms with E-state index in [1.54, 1.807) is 12.1 Å². The van der Waals surface area contributed by atoms with Gasteiger partial charge in [0, 0.05) is 19.1 Å². The fourth-order valence-electron chi connectivity index (χ4n) is 2.09. The number of phenolic OH excluding ortho intramolecular Hbond substituents is 1. The van der Waals surface area contributed by atoms with Crippen LogP contribution < -0.4 is 5.73 Å². The zero-order valence-electron chi connectivity index (χ0n) is 8.89. The molecule has 0 radical (unpaired) electrons. The van der Waals surface area contributed by atoms with Crippen molar-refractivity contribution >= 4 is 0 Å². The molecular weight excluding hydrogens is 188 g/mol. The van der Waals surface area contributed by atoms with E-state index in [2.05, 4.69) is 4.90 Å². The van der Waals surface area contributed by atoms with Crippen LogP contribution in [-0.2, 0) is 6.54 Å². The highest BCUT2D eigenvalue weighted by Crippen LogP contribution is 2.14. The third-order valence-electron chi connectivity index (χ3n) is 2.88. The number of rotatable bonds is 2. The molecule has 15 heavy (non-hydrogen) atoms. The van der Waals surface area contributed by atoms with Crippen molar-refractivity contribution in [2.45, 2.75) is 25.4 Å². The molecule has 0 bridgehead atoms. The highest BCUT2D eigenvalue weighted by molar-refractivity contribution is 5.25. The summed E-state index contributed by atoms with van der Waals surface area (Å²) < 4.78 is 0. The molecule has 82 valence electrons. The highest BCUT2D eigenvalue weighted by Gasteiger charge is 2.16. The molecular formula is C12H18N2O. The molecule has 1 fully saturated rings. The average Bonchev–Trinajstić information content (AvgIpc) is 2.22. The predicted molar refractivity (Wildman–Crippen MR) is 60.6 cm³/mol. The summed E-state index contributed by atoms with van der Waals surface area (Å²) in [5, 5.41) is 9.17. The van der Waals surface area contributed by atoms with Crippen LogP contribution in [-0.4, -0.2) is 29.1 Å². The quantitative estimate of drug-likeness (QED) is 0.767. The van der Waals surface area contributed by atoms with Gasteiger partial charge in [0.05, 0.1) is 0 Å². The van der Waals surface area contributed by atoms with Crippen molar-refractivity contribution in [1.29, 1.82) is 0 Å². The van der Waals surface area contributed by atoms with Crippen molar-refractivity contribution in [3.63, 3.8) is 0 Å². The fraction of sp³-hybridized carbons (Fsp3) is 0.500. The van der Waals surface area contributed by atoms with Crippen LogP contribution in [0.2, 0.25) is 0 Å². The number of benzene rings is 1. The molecule has 0 spiro atoms. The number of nitrogens with two attached hydrogens (primary N) is 1. The van der Waals surface area contributed by atoms with Crippen molar-refractivity contribution < 1.29 is 5.11 Å². The Morgan fingerprint density at radius 3 is 2.73 bits per heavy atom. The summed E-state index contributed by atoms with van der Waals surface area (Å²) in [5.41, 5.74) is 7.16. The Balaban J connectivity index is 1.93. The first-order valence-corrected chi connectivity index (χ1v) is 5.50. The van der Waals surface area contributed by atoms with E-state index in [-0.39, 0.29) is 0 Å². The minimum Gasteiger partial charge on any atom is -0.508 e. The Bertz CT molecular complexity index is 310. The topological polar surface area (TPSA) is 49.5 Å². The molecule has 1 aromatic rings. The van der Waals surface area contributed by atoms with Gasteiger partial charge in [-0.25, -0.2) is 0 Å². The fourth-order valence-corrected chi connectivity index (χ4v) is 2.09. The lowest BCUT2D eigenvalue weighted by molar-refractivity contribution is 0.201. The summed E-state index contributed by atoms with van der Waals surface area (Å²) in [5.74, 6) is 0.328. The number of nitrogens with zero attached hydrogens (tertiary/aromatic N) is 1. The summed E-state index contributed by atoms with van der Waals surface area (Å²) in [6.07, 6.45) is 2.34. The number of likely N-dealkylation sites (tertiary alicyclic amines) is 1. The largest absolute Gasteiger partial charge is 0.508 e. The van der Waals surface area contributed by atoms with Gasteiger partial charge >= 0.3 is 0 Å². The van der Waals surface area contributed by atoms with Gasteiger partial charge in [-0.15, -0.1) is 0 Å². The molecule has 0 saturated carbocycles. The van der Waals surface area contributed by atoms with Crippen LogP contribution in [0, 0.1) is 0 Å². The third kappa shape index (κ3) is 2.94. The van der Waals surface area contributed by atoms with Crippen LogP contribution >= 0.6 is 0 Å². The molecule has 1 heterocycles. The SMILES string of the molecule is N[C@H]1CCCN(Cc2ccc(O)cc2)C1. The lowest BCUT2D eigenvalue weighted by atomic mass is 10.1. The molecule has 1 aliphatic heterocycles. The molecule has 0 amide bonds. The van der Waals surface area contributed by atoms with Gasteiger partial charge in [0.2, 0.25) is 0 Å². The zero-order valence-corrected chi connectivity index (χ0v) is 8.89. The molecule has 1 saturated heterocycles. The Kier molecular flexibility index (Phi) is 3.23. The third-order valence-corrected chi connectivity index (χ3v) is 2.88. The van der Waals surface area contributed by atoms with E-state index in [9.17, 15) is 5.11 Å². The van der Waals surface area contributed by atoms with E-state index in [0.29, 0.717) is 11.8 Å². The normalized spacial score (nSPS) is 22.9. The van der Waals surface area contributed by atoms with E-state index in [0.717, 1.165) is 26.1 Å². The van der Waals surface area contributed by atoms with Crippen LogP contribution in [0.25, 0.3) is 0 Å². The number of phenols is 1. The van der Waals surface area contributed by atoms with Crippen molar-refractivity contribution in [3.8, 4) is 5.75 Å². The first kappa shape index (κ1) is 10.5. The van der Waals surface area contributed by atoms with Gasteiger partial charge in [-0.05, 0) is 37.1 Å². The Hall–Kier alpha value is -1.06. The van der Waals surface area contributed by atoms with Crippen LogP contribution in [0.1, 0.15) is 18.4 Å². The Morgan fingerprint density at radius 1 is 1.33 bits per heavy atom. The van der Waals surface area contributed by atoms with Crippen molar-refractivity contribution in [2.75, 3.05) is 13.1 Å². The summed E-state index contributed by atoms with van der Waals surface area (Å²) in [4.78, 5) is 2.38. The monoisotopic (exact) mass is 206 g/mol. The maximum absolute atomic E-state index is 9.17. The molecule has 1 aromatic carbocycles. The average molecular weight is 206 g/mol. The van der Waals surface area contributed by atoms with Gasteiger partial charge in [0.25, 0.3) is 0 Å². The molecule has 3 heteroatoms. The molecule has 0 unspecified atom stereocenters. The van der Waals surface area contributed by atoms with E-state index in [1.807, 2.05) is 12.1 Å². The molecule has 2 rings (SSSR count). The van der Waals surface area contributed by atoms with Gasteiger partial charge in [-0.3, -0.25) is 4.90 Å². The molecule has 0 aromatic heterocycles. The van der Waals surface area contributed by atoms with E-state index < -0.39 is 0 Å². The van der Waals surface area contributed by atoms with Crippen LogP contribution in [0.5, 0.6) is 5.75 Å². The van der Waals surface area contributed by atoms with Gasteiger partial charge in [0.1, 0.15) is 5.75 Å². The van der Waals surface area contributed by atoms with Gasteiger partial charge in [0.15, 0.2) is 0 Å². The number of hydrogen-bond donors (Lipinski definition) is 2. The van der Waals surface area contributed by atoms with Crippen LogP contribution in [0.3, 0.4) is 0 Å². The minimum atomic E-state index is 0.328. The zero-order chi connectivity index (χ0) is 10.7. The van der Waals surface area contributed by atoms with Gasteiger partial charge in [-0.1, -0.05) is 12.1 Å². The molecule has 3 nitrogen and oxygen atoms in total. The lowest BCUT2D eigenvalue weighted by Crippen LogP contribution is -2.42. The first-order chi connectivity index (χ1) is 7.24. The summed E-state index contributed by atoms with van der Waals surface area (Å²) in [6, 6.07) is 7.74. The Labute approximate surface area is 90.5 Å². The van der Waals surface area contributed by atoms with Crippen LogP contribution in [0.4, 0.5) is 0 Å². The van der Waals surface area contributed by atoms with E-state index in [4.69, 9.17) is 5.73 Å². The summed E-state index contributed by atoms with van der Waals surface area (Å²) in [6.45, 7) is 3.06. The van der Waals surface area contributed by atoms with Crippen molar-refractivity contribution in [2.24, 2.45) is 5.73 Å². The molecule has 3 N–H and O–H groups in total. The van der Waals surface area contributed by atoms with E-state index >= 15 is 0 Å². The Morgan fingerprint density at radius 2 is 2.07 bits per heavy atom. The summed E-state index contributed by atoms with van der Waals surface area (Å²) >= 11 is 0. The smallest absolute Gasteiger partial charge is 0.115 e. The number of hydrogen-bond acceptors (Lipinski definition) is 3. The second kappa shape index (κ2) is 4.64. The molecule has 1 atom stereocenters. The predicted octanol–water partition coefficient (Wildman–Crippen LogP) is 1.32. The van der Waals surface area contributed by atoms with Crippen molar-refractivity contribution in [3.05, 3.63) is 29.8 Å². The number of piperidine rings is 1. The lowest BCUT2D eigenvalue weighted by Gasteiger charge is -2.30. The van der Waals surface area contributed by atoms with Gasteiger partial charge in [-0.2, -0.15) is 0 Å². The molecule has 0 aliphatic carbocycles. The number of aromatic hydroxyl groups is 1. The molecule has 1 aliphatic rings. The van der Waals surface area contributed by atoms with Crippen molar-refractivity contribution in [1.82, 2.24) is 4.90 Å². The van der Waals surface area contributed by atoms with Crippen LogP contribution in [0.15, 0.2) is 24.3 Å². The summed E-state index contributed by atoms with van der Waals surface area (Å²) in [7, 11) is 0. The van der Waals surface area contributed by atoms with E-state index in [1.165, 1.54) is 12.0 Å². The standard InChI is InChI=1S/C12H18N2O/c13-11-2-1-7-14(9-11)8-10-3-5-12(15)6-4-10/h3-6,11,15H,1-2,7-9,13H2/t11-/m0/s1. The minimum absolute atomic E-state index is 0.328. The maximum atomic E-state index is 9.17. The second-order valence-electron chi connectivity index (χ2n) is 4.30.